The molecule has 0 aliphatic rings. The average molecular weight is 455 g/mol. The van der Waals surface area contributed by atoms with Crippen LogP contribution in [0.1, 0.15) is 16.7 Å². The third kappa shape index (κ3) is 6.89. The molecule has 1 amide bonds. The number of anilines is 1. The second-order valence-corrected chi connectivity index (χ2v) is 6.67. The van der Waals surface area contributed by atoms with Crippen LogP contribution >= 0.6 is 0 Å². The number of carboxylic acid groups (broad SMARTS) is 2. The lowest BCUT2D eigenvalue weighted by Gasteiger charge is -2.13. The molecule has 11 heteroatoms. The van der Waals surface area contributed by atoms with E-state index in [9.17, 15) is 27.6 Å². The molecular formula is C21H20F3NO7. The zero-order chi connectivity index (χ0) is 23.9. The minimum Gasteiger partial charge on any atom is -0.496 e. The lowest BCUT2D eigenvalue weighted by atomic mass is 9.97. The number of alkyl halides is 3. The maximum absolute atomic E-state index is 12.6. The maximum atomic E-state index is 12.6. The summed E-state index contributed by atoms with van der Waals surface area (Å²) < 4.78 is 47.9. The van der Waals surface area contributed by atoms with Gasteiger partial charge in [-0.3, -0.25) is 14.9 Å². The lowest BCUT2D eigenvalue weighted by Crippen LogP contribution is -2.25. The van der Waals surface area contributed by atoms with Crippen LogP contribution in [0.3, 0.4) is 0 Å². The molecule has 172 valence electrons. The van der Waals surface area contributed by atoms with Crippen molar-refractivity contribution in [2.75, 3.05) is 19.0 Å². The monoisotopic (exact) mass is 455 g/mol. The molecule has 0 saturated heterocycles. The number of hydrogen-bond acceptors (Lipinski definition) is 5. The number of rotatable bonds is 9. The first-order valence-corrected chi connectivity index (χ1v) is 9.23. The fraction of sp³-hybridized carbons (Fsp3) is 0.286. The molecule has 0 saturated carbocycles. The summed E-state index contributed by atoms with van der Waals surface area (Å²) in [5.74, 6) is -4.10. The van der Waals surface area contributed by atoms with E-state index in [4.69, 9.17) is 19.7 Å². The fourth-order valence-corrected chi connectivity index (χ4v) is 2.82. The predicted octanol–water partition coefficient (Wildman–Crippen LogP) is 3.83. The third-order valence-corrected chi connectivity index (χ3v) is 4.44. The number of methoxy groups -OCH3 is 1. The standard InChI is InChI=1S/C21H20F3NO7/c1-31-17-7-2-12(11-16(18(26)27)19(28)29)10-13(17)8-9-32-20(30)25-15-5-3-14(4-6-15)21(22,23)24/h2-7,10,16H,8-9,11H2,1H3,(H,25,30)(H,26,27)(H,28,29). The molecule has 0 fully saturated rings. The Morgan fingerprint density at radius 3 is 2.19 bits per heavy atom. The van der Waals surface area contributed by atoms with Crippen molar-refractivity contribution < 1.29 is 47.2 Å². The van der Waals surface area contributed by atoms with Crippen LogP contribution in [0, 0.1) is 5.92 Å². The molecule has 0 heterocycles. The summed E-state index contributed by atoms with van der Waals surface area (Å²) in [6.07, 6.45) is -5.43. The summed E-state index contributed by atoms with van der Waals surface area (Å²) in [5.41, 5.74) is 0.277. The Kier molecular flexibility index (Phi) is 8.05. The van der Waals surface area contributed by atoms with Crippen LogP contribution in [0.25, 0.3) is 0 Å². The van der Waals surface area contributed by atoms with Crippen LogP contribution in [0.5, 0.6) is 5.75 Å². The number of hydrogen-bond donors (Lipinski definition) is 3. The van der Waals surface area contributed by atoms with Crippen molar-refractivity contribution >= 4 is 23.7 Å². The smallest absolute Gasteiger partial charge is 0.416 e. The van der Waals surface area contributed by atoms with Gasteiger partial charge in [0.25, 0.3) is 0 Å². The molecule has 0 bridgehead atoms. The van der Waals surface area contributed by atoms with Crippen LogP contribution in [0.15, 0.2) is 42.5 Å². The minimum atomic E-state index is -4.48. The van der Waals surface area contributed by atoms with Gasteiger partial charge in [-0.25, -0.2) is 4.79 Å². The number of ether oxygens (including phenoxy) is 2. The van der Waals surface area contributed by atoms with E-state index in [2.05, 4.69) is 5.32 Å². The van der Waals surface area contributed by atoms with Crippen molar-refractivity contribution in [2.24, 2.45) is 5.92 Å². The molecular weight excluding hydrogens is 435 g/mol. The molecule has 0 atom stereocenters. The summed E-state index contributed by atoms with van der Waals surface area (Å²) in [7, 11) is 1.41. The van der Waals surface area contributed by atoms with Crippen molar-refractivity contribution in [3.05, 3.63) is 59.2 Å². The van der Waals surface area contributed by atoms with Crippen LogP contribution in [0.4, 0.5) is 23.7 Å². The topological polar surface area (TPSA) is 122 Å². The van der Waals surface area contributed by atoms with E-state index >= 15 is 0 Å². The lowest BCUT2D eigenvalue weighted by molar-refractivity contribution is -0.154. The molecule has 0 unspecified atom stereocenters. The Balaban J connectivity index is 1.96. The predicted molar refractivity (Wildman–Crippen MR) is 106 cm³/mol. The van der Waals surface area contributed by atoms with Gasteiger partial charge in [0.2, 0.25) is 0 Å². The molecule has 2 aromatic carbocycles. The molecule has 0 aliphatic heterocycles. The highest BCUT2D eigenvalue weighted by Gasteiger charge is 2.30. The fourth-order valence-electron chi connectivity index (χ4n) is 2.82. The van der Waals surface area contributed by atoms with Crippen LogP contribution < -0.4 is 10.1 Å². The number of carbonyl (C=O) groups is 3. The van der Waals surface area contributed by atoms with E-state index in [0.717, 1.165) is 24.3 Å². The van der Waals surface area contributed by atoms with Gasteiger partial charge in [0.15, 0.2) is 5.92 Å². The number of nitrogens with one attached hydrogen (secondary N) is 1. The number of amides is 1. The quantitative estimate of drug-likeness (QED) is 0.491. The third-order valence-electron chi connectivity index (χ3n) is 4.44. The SMILES string of the molecule is COc1ccc(CC(C(=O)O)C(=O)O)cc1CCOC(=O)Nc1ccc(C(F)(F)F)cc1. The molecule has 0 aliphatic carbocycles. The Labute approximate surface area is 180 Å². The minimum absolute atomic E-state index is 0.117. The Bertz CT molecular complexity index is 960. The number of carbonyl (C=O) groups excluding carboxylic acids is 1. The summed E-state index contributed by atoms with van der Waals surface area (Å²) in [6.45, 7) is -0.117. The number of benzene rings is 2. The van der Waals surface area contributed by atoms with Gasteiger partial charge >= 0.3 is 24.2 Å². The van der Waals surface area contributed by atoms with Crippen molar-refractivity contribution in [1.29, 1.82) is 0 Å². The van der Waals surface area contributed by atoms with Gasteiger partial charge in [-0.15, -0.1) is 0 Å². The highest BCUT2D eigenvalue weighted by atomic mass is 19.4. The van der Waals surface area contributed by atoms with Crippen molar-refractivity contribution in [3.8, 4) is 5.75 Å². The average Bonchev–Trinajstić information content (AvgIpc) is 2.71. The van der Waals surface area contributed by atoms with Crippen molar-refractivity contribution in [3.63, 3.8) is 0 Å². The van der Waals surface area contributed by atoms with E-state index in [1.807, 2.05) is 0 Å². The molecule has 3 N–H and O–H groups in total. The first kappa shape index (κ1) is 24.5. The number of aliphatic carboxylic acids is 2. The normalized spacial score (nSPS) is 11.2. The second kappa shape index (κ2) is 10.5. The van der Waals surface area contributed by atoms with Crippen LogP contribution in [-0.2, 0) is 33.3 Å². The van der Waals surface area contributed by atoms with Gasteiger partial charge in [-0.05, 0) is 47.9 Å². The zero-order valence-corrected chi connectivity index (χ0v) is 16.8. The van der Waals surface area contributed by atoms with E-state index in [1.165, 1.54) is 7.11 Å². The van der Waals surface area contributed by atoms with Gasteiger partial charge in [0.1, 0.15) is 5.75 Å². The number of carboxylic acids is 2. The second-order valence-electron chi connectivity index (χ2n) is 6.67. The van der Waals surface area contributed by atoms with Crippen LogP contribution in [0.2, 0.25) is 0 Å². The Hall–Kier alpha value is -3.76. The highest BCUT2D eigenvalue weighted by molar-refractivity contribution is 5.93. The van der Waals surface area contributed by atoms with Gasteiger partial charge in [-0.2, -0.15) is 13.2 Å². The van der Waals surface area contributed by atoms with Gasteiger partial charge in [0.05, 0.1) is 19.3 Å². The molecule has 8 nitrogen and oxygen atoms in total. The van der Waals surface area contributed by atoms with Gasteiger partial charge in [-0.1, -0.05) is 12.1 Å². The highest BCUT2D eigenvalue weighted by Crippen LogP contribution is 2.29. The van der Waals surface area contributed by atoms with E-state index < -0.39 is 35.7 Å². The Morgan fingerprint density at radius 2 is 1.66 bits per heavy atom. The van der Waals surface area contributed by atoms with E-state index in [0.29, 0.717) is 16.9 Å². The van der Waals surface area contributed by atoms with E-state index in [1.54, 1.807) is 18.2 Å². The summed E-state index contributed by atoms with van der Waals surface area (Å²) in [6, 6.07) is 8.50. The van der Waals surface area contributed by atoms with E-state index in [-0.39, 0.29) is 25.1 Å². The first-order valence-electron chi connectivity index (χ1n) is 9.23. The Morgan fingerprint density at radius 1 is 1.03 bits per heavy atom. The molecule has 0 radical (unpaired) electrons. The van der Waals surface area contributed by atoms with Crippen LogP contribution in [-0.4, -0.2) is 42.0 Å². The molecule has 32 heavy (non-hydrogen) atoms. The summed E-state index contributed by atoms with van der Waals surface area (Å²) >= 11 is 0. The van der Waals surface area contributed by atoms with Gasteiger partial charge in [0, 0.05) is 12.1 Å². The largest absolute Gasteiger partial charge is 0.496 e. The molecule has 0 aromatic heterocycles. The molecule has 0 spiro atoms. The summed E-state index contributed by atoms with van der Waals surface area (Å²) in [5, 5.41) is 20.4. The summed E-state index contributed by atoms with van der Waals surface area (Å²) in [4.78, 5) is 34.1. The van der Waals surface area contributed by atoms with Crippen molar-refractivity contribution in [1.82, 2.24) is 0 Å². The van der Waals surface area contributed by atoms with Gasteiger partial charge < -0.3 is 19.7 Å². The zero-order valence-electron chi connectivity index (χ0n) is 16.8. The number of halogens is 3. The molecule has 2 aromatic rings. The molecule has 2 rings (SSSR count). The van der Waals surface area contributed by atoms with Crippen molar-refractivity contribution in [2.45, 2.75) is 19.0 Å². The first-order chi connectivity index (χ1) is 15.0. The maximum Gasteiger partial charge on any atom is 0.416 e.